The Kier molecular flexibility index (Phi) is 11.4. The number of pyridine rings is 2. The van der Waals surface area contributed by atoms with Gasteiger partial charge in [-0.2, -0.15) is 0 Å². The molecule has 2 aromatic heterocycles. The Morgan fingerprint density at radius 1 is 1.09 bits per heavy atom. The van der Waals surface area contributed by atoms with E-state index in [1.54, 1.807) is 43.6 Å². The molecule has 2 aliphatic carbocycles. The summed E-state index contributed by atoms with van der Waals surface area (Å²) in [5.74, 6) is -2.19. The van der Waals surface area contributed by atoms with Crippen molar-refractivity contribution in [3.8, 4) is 22.9 Å². The summed E-state index contributed by atoms with van der Waals surface area (Å²) in [6, 6.07) is 11.6. The second-order valence-electron chi connectivity index (χ2n) is 17.3. The van der Waals surface area contributed by atoms with E-state index in [-0.39, 0.29) is 44.7 Å². The van der Waals surface area contributed by atoms with Gasteiger partial charge in [0.1, 0.15) is 23.8 Å². The first-order valence-electron chi connectivity index (χ1n) is 20.0. The number of allylic oxidation sites excluding steroid dienone is 1. The Morgan fingerprint density at radius 2 is 1.86 bits per heavy atom. The fourth-order valence-corrected chi connectivity index (χ4v) is 9.77. The number of amides is 3. The predicted octanol–water partition coefficient (Wildman–Crippen LogP) is 5.43. The topological polar surface area (TPSA) is 165 Å². The highest BCUT2D eigenvalue weighted by molar-refractivity contribution is 7.90. The number of sulfonamides is 1. The minimum absolute atomic E-state index is 0.00862. The van der Waals surface area contributed by atoms with E-state index in [0.717, 1.165) is 0 Å². The molecule has 15 heteroatoms. The molecule has 13 nitrogen and oxygen atoms in total. The SMILES string of the molecule is C=C[C@@H]1C[C@]1(CC(=O)[C@@H]1C[C@@H](Oc2cc(-c3ccccn3)nc3cc(OC)ccc23)CN1C(=O)[C@@H](CC(=O)N1CCCC(F)C1)C(C)(C)C)C(=O)NS(=O)(=O)C1CC1. The highest BCUT2D eigenvalue weighted by Crippen LogP contribution is 2.57. The van der Waals surface area contributed by atoms with Crippen LogP contribution in [0.1, 0.15) is 72.1 Å². The van der Waals surface area contributed by atoms with Crippen LogP contribution < -0.4 is 14.2 Å². The molecule has 0 spiro atoms. The van der Waals surface area contributed by atoms with Crippen molar-refractivity contribution in [3.63, 3.8) is 0 Å². The largest absolute Gasteiger partial charge is 0.497 e. The first kappa shape index (κ1) is 41.2. The van der Waals surface area contributed by atoms with Gasteiger partial charge in [0.15, 0.2) is 5.78 Å². The highest BCUT2D eigenvalue weighted by Gasteiger charge is 2.61. The number of hydrogen-bond acceptors (Lipinski definition) is 10. The highest BCUT2D eigenvalue weighted by atomic mass is 32.2. The van der Waals surface area contributed by atoms with Crippen LogP contribution in [0.15, 0.2) is 61.3 Å². The summed E-state index contributed by atoms with van der Waals surface area (Å²) < 4.78 is 54.5. The summed E-state index contributed by atoms with van der Waals surface area (Å²) in [5.41, 5.74) is -0.345. The van der Waals surface area contributed by atoms with Gasteiger partial charge in [-0.05, 0) is 67.7 Å². The van der Waals surface area contributed by atoms with E-state index in [2.05, 4.69) is 16.3 Å². The molecule has 2 saturated heterocycles. The lowest BCUT2D eigenvalue weighted by molar-refractivity contribution is -0.148. The van der Waals surface area contributed by atoms with Crippen LogP contribution in [-0.4, -0.2) is 102 Å². The fraction of sp³-hybridized carbons (Fsp3) is 0.535. The number of alkyl halides is 1. The lowest BCUT2D eigenvalue weighted by atomic mass is 9.77. The molecule has 6 atom stereocenters. The molecular weight excluding hydrogens is 766 g/mol. The van der Waals surface area contributed by atoms with Gasteiger partial charge in [-0.25, -0.2) is 17.8 Å². The van der Waals surface area contributed by atoms with E-state index < -0.39 is 73.9 Å². The van der Waals surface area contributed by atoms with Crippen LogP contribution in [0.3, 0.4) is 0 Å². The first-order chi connectivity index (χ1) is 27.5. The molecule has 7 rings (SSSR count). The summed E-state index contributed by atoms with van der Waals surface area (Å²) in [6.45, 7) is 9.77. The van der Waals surface area contributed by atoms with Crippen molar-refractivity contribution in [3.05, 3.63) is 61.3 Å². The molecule has 58 heavy (non-hydrogen) atoms. The van der Waals surface area contributed by atoms with E-state index in [9.17, 15) is 32.0 Å². The molecule has 2 saturated carbocycles. The summed E-state index contributed by atoms with van der Waals surface area (Å²) >= 11 is 0. The van der Waals surface area contributed by atoms with Crippen molar-refractivity contribution in [1.82, 2.24) is 24.5 Å². The quantitative estimate of drug-likeness (QED) is 0.208. The zero-order chi connectivity index (χ0) is 41.6. The van der Waals surface area contributed by atoms with Crippen LogP contribution in [0.5, 0.6) is 11.5 Å². The number of carbonyl (C=O) groups excluding carboxylic acids is 4. The van der Waals surface area contributed by atoms with E-state index >= 15 is 0 Å². The first-order valence-corrected chi connectivity index (χ1v) is 21.6. The number of Topliss-reactive ketones (excluding diaryl/α,β-unsaturated/α-hetero) is 1. The van der Waals surface area contributed by atoms with Crippen LogP contribution in [0, 0.1) is 22.7 Å². The average Bonchev–Trinajstić information content (AvgIpc) is 4.13. The van der Waals surface area contributed by atoms with Crippen LogP contribution in [0.25, 0.3) is 22.3 Å². The third kappa shape index (κ3) is 8.60. The normalized spacial score (nSPS) is 25.2. The van der Waals surface area contributed by atoms with Crippen molar-refractivity contribution < 1.29 is 41.5 Å². The molecule has 0 radical (unpaired) electrons. The molecule has 1 N–H and O–H groups in total. The number of likely N-dealkylation sites (tertiary alicyclic amines) is 2. The maximum absolute atomic E-state index is 14.9. The zero-order valence-electron chi connectivity index (χ0n) is 33.5. The molecule has 3 amide bonds. The Morgan fingerprint density at radius 3 is 2.50 bits per heavy atom. The Balaban J connectivity index is 1.21. The van der Waals surface area contributed by atoms with E-state index in [4.69, 9.17) is 14.5 Å². The molecule has 0 bridgehead atoms. The number of ketones is 1. The third-order valence-corrected chi connectivity index (χ3v) is 13.9. The number of nitrogens with one attached hydrogen (secondary N) is 1. The number of aromatic nitrogens is 2. The van der Waals surface area contributed by atoms with Crippen LogP contribution in [0.4, 0.5) is 4.39 Å². The Hall–Kier alpha value is -4.92. The van der Waals surface area contributed by atoms with Gasteiger partial charge in [0.25, 0.3) is 0 Å². The van der Waals surface area contributed by atoms with Crippen molar-refractivity contribution >= 4 is 44.4 Å². The third-order valence-electron chi connectivity index (χ3n) is 12.1. The molecule has 4 heterocycles. The predicted molar refractivity (Wildman–Crippen MR) is 215 cm³/mol. The van der Waals surface area contributed by atoms with Crippen LogP contribution >= 0.6 is 0 Å². The van der Waals surface area contributed by atoms with Gasteiger partial charge in [0, 0.05) is 49.5 Å². The molecule has 310 valence electrons. The smallest absolute Gasteiger partial charge is 0.240 e. The van der Waals surface area contributed by atoms with Gasteiger partial charge >= 0.3 is 0 Å². The number of rotatable bonds is 14. The van der Waals surface area contributed by atoms with Gasteiger partial charge in [-0.15, -0.1) is 6.58 Å². The number of hydrogen-bond donors (Lipinski definition) is 1. The molecule has 3 aromatic rings. The van der Waals surface area contributed by atoms with Crippen LogP contribution in [-0.2, 0) is 29.2 Å². The van der Waals surface area contributed by atoms with Crippen LogP contribution in [0.2, 0.25) is 0 Å². The second kappa shape index (κ2) is 16.0. The number of methoxy groups -OCH3 is 1. The van der Waals surface area contributed by atoms with Crippen molar-refractivity contribution in [1.29, 1.82) is 0 Å². The minimum Gasteiger partial charge on any atom is -0.497 e. The lowest BCUT2D eigenvalue weighted by Crippen LogP contribution is -2.50. The summed E-state index contributed by atoms with van der Waals surface area (Å²) in [7, 11) is -2.33. The van der Waals surface area contributed by atoms with Gasteiger partial charge in [0.2, 0.25) is 27.7 Å². The van der Waals surface area contributed by atoms with E-state index in [1.165, 1.54) is 9.80 Å². The number of carbonyl (C=O) groups is 4. The fourth-order valence-electron chi connectivity index (χ4n) is 8.39. The monoisotopic (exact) mass is 817 g/mol. The number of fused-ring (bicyclic) bond motifs is 1. The number of benzene rings is 1. The summed E-state index contributed by atoms with van der Waals surface area (Å²) in [5, 5.41) is 0.0330. The molecule has 1 aromatic carbocycles. The summed E-state index contributed by atoms with van der Waals surface area (Å²) in [4.78, 5) is 69.1. The number of piperidine rings is 1. The molecular formula is C43H52FN5O8S. The van der Waals surface area contributed by atoms with Gasteiger partial charge < -0.3 is 19.3 Å². The molecule has 4 aliphatic rings. The summed E-state index contributed by atoms with van der Waals surface area (Å²) in [6.07, 6.45) is 3.05. The van der Waals surface area contributed by atoms with Gasteiger partial charge in [-0.3, -0.25) is 28.9 Å². The van der Waals surface area contributed by atoms with Gasteiger partial charge in [-0.1, -0.05) is 32.9 Å². The zero-order valence-corrected chi connectivity index (χ0v) is 34.3. The average molecular weight is 818 g/mol. The van der Waals surface area contributed by atoms with Crippen molar-refractivity contribution in [2.24, 2.45) is 22.7 Å². The molecule has 4 fully saturated rings. The standard InChI is InChI=1S/C43H52FN5O8S/c1-6-26-22-43(26,41(53)47-58(54,55)30-13-14-30)23-37(50)36-19-29(25-49(36)40(52)32(42(2,3)4)20-39(51)48-17-9-10-27(44)24-48)57-38-21-35(33-11-7-8-16-45-33)46-34-18-28(56-5)12-15-31(34)38/h6-8,11-12,15-16,18,21,26-27,29-30,32,36H,1,9-10,13-14,17,19-20,22-25H2,2-5H3,(H,47,53)/t26-,27?,29-,32-,36+,43-/m1/s1. The Bertz CT molecular complexity index is 2210. The lowest BCUT2D eigenvalue weighted by Gasteiger charge is -2.37. The number of nitrogens with zero attached hydrogens (tertiary/aromatic N) is 4. The molecule has 1 unspecified atom stereocenters. The Labute approximate surface area is 338 Å². The number of ether oxygens (including phenoxy) is 2. The minimum atomic E-state index is -3.89. The number of halogens is 1. The maximum atomic E-state index is 14.9. The van der Waals surface area contributed by atoms with Gasteiger partial charge in [0.05, 0.1) is 59.7 Å². The second-order valence-corrected chi connectivity index (χ2v) is 19.3. The molecule has 2 aliphatic heterocycles. The van der Waals surface area contributed by atoms with Crippen molar-refractivity contribution in [2.45, 2.75) is 95.7 Å². The van der Waals surface area contributed by atoms with Crippen molar-refractivity contribution in [2.75, 3.05) is 26.7 Å². The van der Waals surface area contributed by atoms with E-state index in [1.807, 2.05) is 39.0 Å². The van der Waals surface area contributed by atoms with E-state index in [0.29, 0.717) is 66.0 Å². The maximum Gasteiger partial charge on any atom is 0.240 e.